The normalized spacial score (nSPS) is 27.2. The number of piperidine rings is 3. The SMILES string of the molecule is COc1ccc2nccc([C@H](O)[C@H]3C[C@@H]4CCN3C[C@@H]4C(CSC#N)SC#N)c2c1. The fourth-order valence-electron chi connectivity index (χ4n) is 5.03. The first-order valence-corrected chi connectivity index (χ1v) is 11.9. The number of pyridine rings is 1. The van der Waals surface area contributed by atoms with Crippen molar-refractivity contribution in [1.29, 1.82) is 10.5 Å². The lowest BCUT2D eigenvalue weighted by Gasteiger charge is -2.52. The summed E-state index contributed by atoms with van der Waals surface area (Å²) in [5.41, 5.74) is 1.73. The highest BCUT2D eigenvalue weighted by Gasteiger charge is 2.46. The zero-order valence-electron chi connectivity index (χ0n) is 16.8. The summed E-state index contributed by atoms with van der Waals surface area (Å²) in [7, 11) is 1.64. The van der Waals surface area contributed by atoms with E-state index >= 15 is 0 Å². The molecule has 8 heteroatoms. The molecule has 3 saturated heterocycles. The highest BCUT2D eigenvalue weighted by molar-refractivity contribution is 8.07. The van der Waals surface area contributed by atoms with Gasteiger partial charge in [-0.25, -0.2) is 0 Å². The Morgan fingerprint density at radius 2 is 2.20 bits per heavy atom. The number of aliphatic hydroxyl groups excluding tert-OH is 1. The van der Waals surface area contributed by atoms with Gasteiger partial charge in [-0.1, -0.05) is 0 Å². The van der Waals surface area contributed by atoms with Crippen molar-refractivity contribution in [2.75, 3.05) is 26.0 Å². The number of aromatic nitrogens is 1. The number of aliphatic hydroxyl groups is 1. The summed E-state index contributed by atoms with van der Waals surface area (Å²) in [4.78, 5) is 6.81. The molecule has 6 nitrogen and oxygen atoms in total. The van der Waals surface area contributed by atoms with Crippen molar-refractivity contribution in [3.05, 3.63) is 36.0 Å². The lowest BCUT2D eigenvalue weighted by atomic mass is 9.72. The molecule has 156 valence electrons. The summed E-state index contributed by atoms with van der Waals surface area (Å²) in [5, 5.41) is 35.0. The zero-order chi connectivity index (χ0) is 21.1. The maximum Gasteiger partial charge on any atom is 0.133 e. The number of benzene rings is 1. The Labute approximate surface area is 185 Å². The van der Waals surface area contributed by atoms with Gasteiger partial charge in [0.2, 0.25) is 0 Å². The molecule has 1 aromatic carbocycles. The minimum Gasteiger partial charge on any atom is -0.497 e. The number of fused-ring (bicyclic) bond motifs is 4. The highest BCUT2D eigenvalue weighted by Crippen LogP contribution is 2.45. The molecule has 4 heterocycles. The van der Waals surface area contributed by atoms with E-state index in [0.717, 1.165) is 48.1 Å². The monoisotopic (exact) mass is 440 g/mol. The number of nitriles is 2. The number of hydrogen-bond acceptors (Lipinski definition) is 8. The van der Waals surface area contributed by atoms with Crippen LogP contribution in [-0.2, 0) is 0 Å². The third-order valence-electron chi connectivity index (χ3n) is 6.51. The second-order valence-corrected chi connectivity index (χ2v) is 9.72. The molecule has 1 aromatic heterocycles. The van der Waals surface area contributed by atoms with Gasteiger partial charge in [-0.15, -0.1) is 0 Å². The summed E-state index contributed by atoms with van der Waals surface area (Å²) in [5.74, 6) is 2.26. The average Bonchev–Trinajstić information content (AvgIpc) is 2.80. The van der Waals surface area contributed by atoms with Crippen LogP contribution in [0.1, 0.15) is 24.5 Å². The summed E-state index contributed by atoms with van der Waals surface area (Å²) in [6.07, 6.45) is 3.13. The Bertz CT molecular complexity index is 989. The molecule has 2 aromatic rings. The van der Waals surface area contributed by atoms with Gasteiger partial charge in [-0.2, -0.15) is 10.5 Å². The van der Waals surface area contributed by atoms with E-state index < -0.39 is 6.10 Å². The number of methoxy groups -OCH3 is 1. The van der Waals surface area contributed by atoms with Crippen LogP contribution in [0.2, 0.25) is 0 Å². The molecule has 6 atom stereocenters. The fraction of sp³-hybridized carbons (Fsp3) is 0.500. The van der Waals surface area contributed by atoms with Crippen molar-refractivity contribution < 1.29 is 9.84 Å². The van der Waals surface area contributed by atoms with E-state index in [2.05, 4.69) is 20.7 Å². The molecule has 0 saturated carbocycles. The molecular formula is C22H24N4O2S2. The summed E-state index contributed by atoms with van der Waals surface area (Å²) < 4.78 is 5.37. The van der Waals surface area contributed by atoms with Gasteiger partial charge in [0.25, 0.3) is 0 Å². The van der Waals surface area contributed by atoms with Crippen molar-refractivity contribution >= 4 is 34.4 Å². The van der Waals surface area contributed by atoms with Crippen molar-refractivity contribution in [3.63, 3.8) is 0 Å². The van der Waals surface area contributed by atoms with Gasteiger partial charge < -0.3 is 9.84 Å². The Morgan fingerprint density at radius 1 is 1.33 bits per heavy atom. The molecule has 0 spiro atoms. The number of thiocyanates is 2. The quantitative estimate of drug-likeness (QED) is 0.650. The van der Waals surface area contributed by atoms with Gasteiger partial charge >= 0.3 is 0 Å². The van der Waals surface area contributed by atoms with Crippen molar-refractivity contribution in [3.8, 4) is 16.6 Å². The molecule has 30 heavy (non-hydrogen) atoms. The predicted octanol–water partition coefficient (Wildman–Crippen LogP) is 3.78. The van der Waals surface area contributed by atoms with E-state index in [1.807, 2.05) is 24.3 Å². The largest absolute Gasteiger partial charge is 0.497 e. The first-order valence-electron chi connectivity index (χ1n) is 10.1. The van der Waals surface area contributed by atoms with E-state index in [0.29, 0.717) is 17.6 Å². The lowest BCUT2D eigenvalue weighted by Crippen LogP contribution is -2.57. The molecule has 0 amide bonds. The van der Waals surface area contributed by atoms with Crippen LogP contribution in [0.3, 0.4) is 0 Å². The van der Waals surface area contributed by atoms with Crippen LogP contribution >= 0.6 is 23.5 Å². The molecule has 2 bridgehead atoms. The van der Waals surface area contributed by atoms with Gasteiger partial charge in [-0.05, 0) is 84.6 Å². The van der Waals surface area contributed by atoms with Crippen LogP contribution < -0.4 is 4.74 Å². The van der Waals surface area contributed by atoms with Gasteiger partial charge in [0, 0.05) is 35.2 Å². The minimum atomic E-state index is -0.609. The van der Waals surface area contributed by atoms with Crippen LogP contribution in [-0.4, -0.2) is 52.2 Å². The van der Waals surface area contributed by atoms with E-state index in [4.69, 9.17) is 10.00 Å². The molecule has 5 rings (SSSR count). The molecule has 3 fully saturated rings. The maximum absolute atomic E-state index is 11.4. The van der Waals surface area contributed by atoms with Crippen molar-refractivity contribution in [2.45, 2.75) is 30.2 Å². The number of nitrogens with zero attached hydrogens (tertiary/aromatic N) is 4. The van der Waals surface area contributed by atoms with Gasteiger partial charge in [0.1, 0.15) is 16.6 Å². The molecule has 3 aliphatic rings. The number of rotatable bonds is 7. The van der Waals surface area contributed by atoms with E-state index in [1.54, 1.807) is 13.3 Å². The maximum atomic E-state index is 11.4. The predicted molar refractivity (Wildman–Crippen MR) is 120 cm³/mol. The van der Waals surface area contributed by atoms with Crippen molar-refractivity contribution in [1.82, 2.24) is 9.88 Å². The first kappa shape index (κ1) is 21.3. The van der Waals surface area contributed by atoms with Crippen LogP contribution in [0, 0.1) is 33.2 Å². The molecule has 1 N–H and O–H groups in total. The van der Waals surface area contributed by atoms with E-state index in [-0.39, 0.29) is 11.3 Å². The molecule has 0 aliphatic carbocycles. The fourth-order valence-corrected chi connectivity index (χ4v) is 6.61. The summed E-state index contributed by atoms with van der Waals surface area (Å²) in [6.45, 7) is 1.83. The van der Waals surface area contributed by atoms with E-state index in [9.17, 15) is 10.4 Å². The standard InChI is InChI=1S/C22H24N4O2S2/c1-28-15-2-3-19-17(9-15)16(4-6-25-19)22(27)20-8-14-5-7-26(20)10-18(14)21(30-13-24)11-29-12-23/h2-4,6,9,14,18,20-22,27H,5,7-8,10-11H2,1H3/t14-,18-,20+,21?,22-/m0/s1. The molecular weight excluding hydrogens is 416 g/mol. The Morgan fingerprint density at radius 3 is 2.90 bits per heavy atom. The average molecular weight is 441 g/mol. The van der Waals surface area contributed by atoms with Crippen LogP contribution in [0.4, 0.5) is 0 Å². The second kappa shape index (κ2) is 9.45. The van der Waals surface area contributed by atoms with Crippen LogP contribution in [0.5, 0.6) is 5.75 Å². The van der Waals surface area contributed by atoms with Gasteiger partial charge in [-0.3, -0.25) is 9.88 Å². The lowest BCUT2D eigenvalue weighted by molar-refractivity contribution is -0.0545. The number of hydrogen-bond donors (Lipinski definition) is 1. The third-order valence-corrected chi connectivity index (χ3v) is 8.30. The zero-order valence-corrected chi connectivity index (χ0v) is 18.4. The van der Waals surface area contributed by atoms with Gasteiger partial charge in [0.05, 0.1) is 18.7 Å². The Hall–Kier alpha value is -1.97. The van der Waals surface area contributed by atoms with Gasteiger partial charge in [0.15, 0.2) is 0 Å². The summed E-state index contributed by atoms with van der Waals surface area (Å²) in [6, 6.07) is 7.70. The molecule has 3 aliphatic heterocycles. The van der Waals surface area contributed by atoms with Crippen LogP contribution in [0.15, 0.2) is 30.5 Å². The van der Waals surface area contributed by atoms with Crippen LogP contribution in [0.25, 0.3) is 10.9 Å². The smallest absolute Gasteiger partial charge is 0.133 e. The number of ether oxygens (including phenoxy) is 1. The molecule has 0 radical (unpaired) electrons. The van der Waals surface area contributed by atoms with E-state index in [1.165, 1.54) is 23.5 Å². The highest BCUT2D eigenvalue weighted by atomic mass is 32.2. The first-order chi connectivity index (χ1) is 14.7. The minimum absolute atomic E-state index is 0.0492. The third kappa shape index (κ3) is 4.10. The molecule has 2 unspecified atom stereocenters. The Kier molecular flexibility index (Phi) is 6.70. The number of thioether (sulfide) groups is 2. The van der Waals surface area contributed by atoms with Crippen molar-refractivity contribution in [2.24, 2.45) is 11.8 Å². The second-order valence-electron chi connectivity index (χ2n) is 7.89. The Balaban J connectivity index is 1.57. The topological polar surface area (TPSA) is 93.2 Å². The summed E-state index contributed by atoms with van der Waals surface area (Å²) >= 11 is 2.53.